The summed E-state index contributed by atoms with van der Waals surface area (Å²) in [6, 6.07) is 2.32. The van der Waals surface area contributed by atoms with E-state index >= 15 is 0 Å². The van der Waals surface area contributed by atoms with E-state index in [4.69, 9.17) is 0 Å². The molecule has 0 aromatic carbocycles. The normalized spacial score (nSPS) is 16.3. The zero-order valence-electron chi connectivity index (χ0n) is 10.9. The van der Waals surface area contributed by atoms with Crippen molar-refractivity contribution in [2.45, 2.75) is 45.1 Å². The number of rotatable bonds is 3. The van der Waals surface area contributed by atoms with Gasteiger partial charge in [-0.3, -0.25) is 0 Å². The molecule has 0 amide bonds. The number of nitrogens with one attached hydrogen (secondary N) is 1. The molecule has 1 aromatic rings. The number of aromatic nitrogens is 2. The van der Waals surface area contributed by atoms with Crippen LogP contribution in [0.5, 0.6) is 0 Å². The largest absolute Gasteiger partial charge is 0.463 e. The molecule has 0 aliphatic heterocycles. The van der Waals surface area contributed by atoms with E-state index in [0.29, 0.717) is 6.04 Å². The first-order chi connectivity index (χ1) is 8.69. The summed E-state index contributed by atoms with van der Waals surface area (Å²) in [6.45, 7) is 1.85. The van der Waals surface area contributed by atoms with Gasteiger partial charge >= 0.3 is 5.97 Å². The molecule has 0 saturated heterocycles. The molecule has 98 valence electrons. The maximum Gasteiger partial charge on any atom is 0.376 e. The molecule has 0 unspecified atom stereocenters. The third kappa shape index (κ3) is 3.18. The number of esters is 1. The second-order valence-electron chi connectivity index (χ2n) is 4.69. The van der Waals surface area contributed by atoms with Crippen molar-refractivity contribution in [1.82, 2.24) is 9.97 Å². The Balaban J connectivity index is 2.11. The highest BCUT2D eigenvalue weighted by atomic mass is 16.5. The van der Waals surface area contributed by atoms with E-state index < -0.39 is 5.97 Å². The van der Waals surface area contributed by atoms with Crippen molar-refractivity contribution in [3.8, 4) is 0 Å². The van der Waals surface area contributed by atoms with E-state index in [1.165, 1.54) is 26.4 Å². The Kier molecular flexibility index (Phi) is 4.12. The molecule has 0 spiro atoms. The molecule has 2 rings (SSSR count). The lowest BCUT2D eigenvalue weighted by molar-refractivity contribution is 0.0586. The predicted octanol–water partition coefficient (Wildman–Crippen LogP) is 2.32. The highest BCUT2D eigenvalue weighted by Crippen LogP contribution is 2.21. The van der Waals surface area contributed by atoms with Gasteiger partial charge in [-0.15, -0.1) is 0 Å². The van der Waals surface area contributed by atoms with Crippen molar-refractivity contribution in [2.75, 3.05) is 12.4 Å². The van der Waals surface area contributed by atoms with Crippen molar-refractivity contribution < 1.29 is 9.53 Å². The molecular formula is C13H19N3O2. The van der Waals surface area contributed by atoms with Gasteiger partial charge in [0.2, 0.25) is 5.82 Å². The van der Waals surface area contributed by atoms with E-state index in [1.807, 2.05) is 13.0 Å². The molecule has 0 radical (unpaired) electrons. The highest BCUT2D eigenvalue weighted by Gasteiger charge is 2.16. The van der Waals surface area contributed by atoms with Crippen molar-refractivity contribution >= 4 is 11.8 Å². The summed E-state index contributed by atoms with van der Waals surface area (Å²) in [5, 5.41) is 3.38. The molecule has 1 heterocycles. The Labute approximate surface area is 107 Å². The summed E-state index contributed by atoms with van der Waals surface area (Å²) in [5.41, 5.74) is 0.767. The van der Waals surface area contributed by atoms with Crippen LogP contribution in [0.3, 0.4) is 0 Å². The van der Waals surface area contributed by atoms with Gasteiger partial charge in [0.1, 0.15) is 5.82 Å². The molecule has 1 aliphatic carbocycles. The average molecular weight is 249 g/mol. The SMILES string of the molecule is COC(=O)c1nc(C)cc(NC2CCCCC2)n1. The molecule has 0 bridgehead atoms. The molecule has 18 heavy (non-hydrogen) atoms. The quantitative estimate of drug-likeness (QED) is 0.833. The van der Waals surface area contributed by atoms with E-state index in [9.17, 15) is 4.79 Å². The van der Waals surface area contributed by atoms with Gasteiger partial charge in [-0.1, -0.05) is 19.3 Å². The number of hydrogen-bond acceptors (Lipinski definition) is 5. The lowest BCUT2D eigenvalue weighted by Crippen LogP contribution is -2.23. The first kappa shape index (κ1) is 12.8. The monoisotopic (exact) mass is 249 g/mol. The summed E-state index contributed by atoms with van der Waals surface area (Å²) >= 11 is 0. The summed E-state index contributed by atoms with van der Waals surface area (Å²) in [6.07, 6.45) is 6.15. The molecule has 1 N–H and O–H groups in total. The Hall–Kier alpha value is -1.65. The minimum absolute atomic E-state index is 0.121. The van der Waals surface area contributed by atoms with Crippen molar-refractivity contribution in [3.63, 3.8) is 0 Å². The molecule has 5 nitrogen and oxygen atoms in total. The third-order valence-electron chi connectivity index (χ3n) is 3.18. The topological polar surface area (TPSA) is 64.1 Å². The van der Waals surface area contributed by atoms with Crippen molar-refractivity contribution in [2.24, 2.45) is 0 Å². The number of carbonyl (C=O) groups is 1. The van der Waals surface area contributed by atoms with Crippen LogP contribution < -0.4 is 5.32 Å². The van der Waals surface area contributed by atoms with Crippen LogP contribution in [0.4, 0.5) is 5.82 Å². The average Bonchev–Trinajstić information content (AvgIpc) is 2.38. The van der Waals surface area contributed by atoms with Crippen LogP contribution in [0, 0.1) is 6.92 Å². The third-order valence-corrected chi connectivity index (χ3v) is 3.18. The van der Waals surface area contributed by atoms with Gasteiger partial charge in [0.25, 0.3) is 0 Å². The number of ether oxygens (including phenoxy) is 1. The summed E-state index contributed by atoms with van der Waals surface area (Å²) in [5.74, 6) is 0.344. The molecular weight excluding hydrogens is 230 g/mol. The van der Waals surface area contributed by atoms with Gasteiger partial charge in [-0.05, 0) is 19.8 Å². The number of methoxy groups -OCH3 is 1. The second kappa shape index (κ2) is 5.80. The zero-order chi connectivity index (χ0) is 13.0. The maximum absolute atomic E-state index is 11.4. The minimum atomic E-state index is -0.495. The van der Waals surface area contributed by atoms with Crippen LogP contribution >= 0.6 is 0 Å². The van der Waals surface area contributed by atoms with Crippen molar-refractivity contribution in [3.05, 3.63) is 17.6 Å². The van der Waals surface area contributed by atoms with Crippen LogP contribution in [0.2, 0.25) is 0 Å². The predicted molar refractivity (Wildman–Crippen MR) is 68.6 cm³/mol. The smallest absolute Gasteiger partial charge is 0.376 e. The van der Waals surface area contributed by atoms with E-state index in [0.717, 1.165) is 24.4 Å². The fourth-order valence-corrected chi connectivity index (χ4v) is 2.28. The van der Waals surface area contributed by atoms with Crippen LogP contribution in [-0.2, 0) is 4.74 Å². The van der Waals surface area contributed by atoms with Crippen LogP contribution in [-0.4, -0.2) is 29.1 Å². The van der Waals surface area contributed by atoms with Gasteiger partial charge in [0, 0.05) is 17.8 Å². The number of aryl methyl sites for hydroxylation is 1. The van der Waals surface area contributed by atoms with Gasteiger partial charge in [-0.2, -0.15) is 0 Å². The Morgan fingerprint density at radius 1 is 1.33 bits per heavy atom. The fraction of sp³-hybridized carbons (Fsp3) is 0.615. The zero-order valence-corrected chi connectivity index (χ0v) is 10.9. The standard InChI is InChI=1S/C13H19N3O2/c1-9-8-11(15-10-6-4-3-5-7-10)16-12(14-9)13(17)18-2/h8,10H,3-7H2,1-2H3,(H,14,15,16). The highest BCUT2D eigenvalue weighted by molar-refractivity contribution is 5.85. The molecule has 0 atom stereocenters. The van der Waals surface area contributed by atoms with Crippen LogP contribution in [0.1, 0.15) is 48.4 Å². The summed E-state index contributed by atoms with van der Waals surface area (Å²) in [4.78, 5) is 19.7. The Morgan fingerprint density at radius 2 is 2.06 bits per heavy atom. The van der Waals surface area contributed by atoms with Gasteiger partial charge in [0.15, 0.2) is 0 Å². The first-order valence-corrected chi connectivity index (χ1v) is 6.39. The Bertz CT molecular complexity index is 428. The van der Waals surface area contributed by atoms with Crippen molar-refractivity contribution in [1.29, 1.82) is 0 Å². The molecule has 1 fully saturated rings. The van der Waals surface area contributed by atoms with E-state index in [2.05, 4.69) is 20.0 Å². The Morgan fingerprint density at radius 3 is 2.72 bits per heavy atom. The molecule has 5 heteroatoms. The number of carbonyl (C=O) groups excluding carboxylic acids is 1. The van der Waals surface area contributed by atoms with E-state index in [-0.39, 0.29) is 5.82 Å². The number of hydrogen-bond donors (Lipinski definition) is 1. The van der Waals surface area contributed by atoms with Gasteiger partial charge < -0.3 is 10.1 Å². The summed E-state index contributed by atoms with van der Waals surface area (Å²) in [7, 11) is 1.34. The maximum atomic E-state index is 11.4. The molecule has 1 aromatic heterocycles. The molecule has 1 aliphatic rings. The van der Waals surface area contributed by atoms with Gasteiger partial charge in [0.05, 0.1) is 7.11 Å². The van der Waals surface area contributed by atoms with Gasteiger partial charge in [-0.25, -0.2) is 14.8 Å². The first-order valence-electron chi connectivity index (χ1n) is 6.39. The fourth-order valence-electron chi connectivity index (χ4n) is 2.28. The van der Waals surface area contributed by atoms with Crippen LogP contribution in [0.15, 0.2) is 6.07 Å². The number of anilines is 1. The van der Waals surface area contributed by atoms with Crippen LogP contribution in [0.25, 0.3) is 0 Å². The number of nitrogens with zero attached hydrogens (tertiary/aromatic N) is 2. The second-order valence-corrected chi connectivity index (χ2v) is 4.69. The lowest BCUT2D eigenvalue weighted by Gasteiger charge is -2.23. The molecule has 1 saturated carbocycles. The van der Waals surface area contributed by atoms with E-state index in [1.54, 1.807) is 0 Å². The minimum Gasteiger partial charge on any atom is -0.463 e. The lowest BCUT2D eigenvalue weighted by atomic mass is 9.95. The summed E-state index contributed by atoms with van der Waals surface area (Å²) < 4.78 is 4.64.